The molecule has 3 aromatic rings. The number of carboxylic acids is 1. The number of benzene rings is 2. The van der Waals surface area contributed by atoms with E-state index in [0.29, 0.717) is 28.0 Å². The molecule has 0 saturated carbocycles. The molecule has 0 bridgehead atoms. The van der Waals surface area contributed by atoms with Gasteiger partial charge in [-0.3, -0.25) is 0 Å². The number of aryl methyl sites for hydroxylation is 2. The fraction of sp³-hybridized carbons (Fsp3) is 0.125. The van der Waals surface area contributed by atoms with Gasteiger partial charge in [-0.1, -0.05) is 12.1 Å². The van der Waals surface area contributed by atoms with Crippen LogP contribution in [-0.2, 0) is 0 Å². The minimum Gasteiger partial charge on any atom is -0.508 e. The van der Waals surface area contributed by atoms with Crippen molar-refractivity contribution in [3.05, 3.63) is 47.0 Å². The Kier molecular flexibility index (Phi) is 2.90. The second-order valence-corrected chi connectivity index (χ2v) is 5.04. The average molecular weight is 282 g/mol. The highest BCUT2D eigenvalue weighted by Crippen LogP contribution is 2.30. The summed E-state index contributed by atoms with van der Waals surface area (Å²) in [5, 5.41) is 19.0. The number of fused-ring (bicyclic) bond motifs is 1. The largest absolute Gasteiger partial charge is 0.508 e. The molecule has 0 aliphatic rings. The van der Waals surface area contributed by atoms with Crippen molar-refractivity contribution in [2.24, 2.45) is 0 Å². The van der Waals surface area contributed by atoms with Crippen LogP contribution in [0.5, 0.6) is 5.75 Å². The van der Waals surface area contributed by atoms with Gasteiger partial charge in [-0.05, 0) is 37.1 Å². The molecule has 0 radical (unpaired) electrons. The van der Waals surface area contributed by atoms with Crippen molar-refractivity contribution < 1.29 is 15.0 Å². The summed E-state index contributed by atoms with van der Waals surface area (Å²) in [4.78, 5) is 19.1. The SMILES string of the molecule is Cc1ccc(C)c(-c2nc3ccc(O)cc3[nH]2)c1C(=O)O. The zero-order chi connectivity index (χ0) is 15.1. The highest BCUT2D eigenvalue weighted by atomic mass is 16.4. The number of aromatic amines is 1. The number of carboxylic acid groups (broad SMARTS) is 1. The van der Waals surface area contributed by atoms with E-state index in [9.17, 15) is 15.0 Å². The van der Waals surface area contributed by atoms with Gasteiger partial charge < -0.3 is 15.2 Å². The minimum absolute atomic E-state index is 0.136. The number of nitrogens with zero attached hydrogens (tertiary/aromatic N) is 1. The molecule has 3 N–H and O–H groups in total. The fourth-order valence-corrected chi connectivity index (χ4v) is 2.51. The van der Waals surface area contributed by atoms with E-state index in [1.807, 2.05) is 13.0 Å². The van der Waals surface area contributed by atoms with E-state index in [4.69, 9.17) is 0 Å². The number of H-pyrrole nitrogens is 1. The molecule has 0 saturated heterocycles. The minimum atomic E-state index is -0.977. The molecule has 0 aliphatic heterocycles. The summed E-state index contributed by atoms with van der Waals surface area (Å²) >= 11 is 0. The van der Waals surface area contributed by atoms with E-state index in [1.54, 1.807) is 31.2 Å². The predicted molar refractivity (Wildman–Crippen MR) is 79.6 cm³/mol. The summed E-state index contributed by atoms with van der Waals surface area (Å²) < 4.78 is 0. The number of carbonyl (C=O) groups is 1. The number of aromatic carboxylic acids is 1. The maximum atomic E-state index is 11.6. The number of imidazole rings is 1. The van der Waals surface area contributed by atoms with Crippen LogP contribution < -0.4 is 0 Å². The number of aromatic hydroxyl groups is 1. The van der Waals surface area contributed by atoms with Crippen molar-refractivity contribution >= 4 is 17.0 Å². The van der Waals surface area contributed by atoms with Crippen LogP contribution in [0.3, 0.4) is 0 Å². The molecule has 5 nitrogen and oxygen atoms in total. The summed E-state index contributed by atoms with van der Waals surface area (Å²) in [5.74, 6) is -0.346. The van der Waals surface area contributed by atoms with E-state index in [0.717, 1.165) is 5.56 Å². The second kappa shape index (κ2) is 4.63. The third kappa shape index (κ3) is 2.12. The first kappa shape index (κ1) is 13.2. The van der Waals surface area contributed by atoms with Gasteiger partial charge in [0, 0.05) is 11.6 Å². The van der Waals surface area contributed by atoms with E-state index in [-0.39, 0.29) is 11.3 Å². The highest BCUT2D eigenvalue weighted by Gasteiger charge is 2.19. The molecule has 0 aliphatic carbocycles. The summed E-state index contributed by atoms with van der Waals surface area (Å²) in [7, 11) is 0. The Bertz CT molecular complexity index is 865. The van der Waals surface area contributed by atoms with Crippen LogP contribution in [0.2, 0.25) is 0 Å². The Morgan fingerprint density at radius 1 is 1.14 bits per heavy atom. The van der Waals surface area contributed by atoms with E-state index in [1.165, 1.54) is 0 Å². The summed E-state index contributed by atoms with van der Waals surface area (Å²) in [5.41, 5.74) is 3.70. The number of phenols is 1. The molecular weight excluding hydrogens is 268 g/mol. The summed E-state index contributed by atoms with van der Waals surface area (Å²) in [6.07, 6.45) is 0. The lowest BCUT2D eigenvalue weighted by molar-refractivity contribution is 0.0697. The molecule has 0 unspecified atom stereocenters. The van der Waals surface area contributed by atoms with Crippen LogP contribution >= 0.6 is 0 Å². The molecule has 0 fully saturated rings. The topological polar surface area (TPSA) is 86.2 Å². The Hall–Kier alpha value is -2.82. The number of nitrogens with one attached hydrogen (secondary N) is 1. The van der Waals surface area contributed by atoms with Crippen LogP contribution in [-0.4, -0.2) is 26.2 Å². The lowest BCUT2D eigenvalue weighted by Crippen LogP contribution is -2.05. The Morgan fingerprint density at radius 2 is 1.86 bits per heavy atom. The van der Waals surface area contributed by atoms with Gasteiger partial charge in [-0.25, -0.2) is 9.78 Å². The van der Waals surface area contributed by atoms with E-state index >= 15 is 0 Å². The standard InChI is InChI=1S/C16H14N2O3/c1-8-3-4-9(2)14(16(20)21)13(8)15-17-11-6-5-10(19)7-12(11)18-15/h3-7,19H,1-2H3,(H,17,18)(H,20,21). The van der Waals surface area contributed by atoms with Gasteiger partial charge in [0.15, 0.2) is 0 Å². The third-order valence-electron chi connectivity index (χ3n) is 3.54. The number of aromatic nitrogens is 2. The maximum absolute atomic E-state index is 11.6. The van der Waals surface area contributed by atoms with Crippen molar-refractivity contribution in [2.45, 2.75) is 13.8 Å². The lowest BCUT2D eigenvalue weighted by Gasteiger charge is -2.10. The monoisotopic (exact) mass is 282 g/mol. The number of phenolic OH excluding ortho intramolecular Hbond substituents is 1. The summed E-state index contributed by atoms with van der Waals surface area (Å²) in [6, 6.07) is 8.47. The smallest absolute Gasteiger partial charge is 0.336 e. The van der Waals surface area contributed by atoms with Crippen LogP contribution in [0, 0.1) is 13.8 Å². The van der Waals surface area contributed by atoms with Crippen LogP contribution in [0.15, 0.2) is 30.3 Å². The van der Waals surface area contributed by atoms with Gasteiger partial charge in [0.05, 0.1) is 16.6 Å². The van der Waals surface area contributed by atoms with Crippen molar-refractivity contribution in [1.82, 2.24) is 9.97 Å². The van der Waals surface area contributed by atoms with Crippen LogP contribution in [0.1, 0.15) is 21.5 Å². The predicted octanol–water partition coefficient (Wildman–Crippen LogP) is 3.25. The molecule has 0 amide bonds. The third-order valence-corrected chi connectivity index (χ3v) is 3.54. The van der Waals surface area contributed by atoms with Gasteiger partial charge in [0.1, 0.15) is 11.6 Å². The summed E-state index contributed by atoms with van der Waals surface area (Å²) in [6.45, 7) is 3.62. The number of hydrogen-bond acceptors (Lipinski definition) is 3. The second-order valence-electron chi connectivity index (χ2n) is 5.04. The van der Waals surface area contributed by atoms with Crippen LogP contribution in [0.4, 0.5) is 0 Å². The quantitative estimate of drug-likeness (QED) is 0.673. The zero-order valence-corrected chi connectivity index (χ0v) is 11.6. The van der Waals surface area contributed by atoms with Crippen molar-refractivity contribution in [2.75, 3.05) is 0 Å². The first-order valence-electron chi connectivity index (χ1n) is 6.50. The van der Waals surface area contributed by atoms with Gasteiger partial charge in [0.25, 0.3) is 0 Å². The molecule has 21 heavy (non-hydrogen) atoms. The molecular formula is C16H14N2O3. The Balaban J connectivity index is 2.32. The molecule has 0 spiro atoms. The highest BCUT2D eigenvalue weighted by molar-refractivity contribution is 5.98. The van der Waals surface area contributed by atoms with Gasteiger partial charge in [0.2, 0.25) is 0 Å². The van der Waals surface area contributed by atoms with Gasteiger partial charge in [-0.2, -0.15) is 0 Å². The molecule has 106 valence electrons. The fourth-order valence-electron chi connectivity index (χ4n) is 2.51. The lowest BCUT2D eigenvalue weighted by atomic mass is 9.97. The van der Waals surface area contributed by atoms with Gasteiger partial charge in [-0.15, -0.1) is 0 Å². The normalized spacial score (nSPS) is 11.0. The van der Waals surface area contributed by atoms with E-state index < -0.39 is 5.97 Å². The number of hydrogen-bond donors (Lipinski definition) is 3. The molecule has 1 heterocycles. The first-order chi connectivity index (χ1) is 9.97. The average Bonchev–Trinajstić information content (AvgIpc) is 2.83. The molecule has 3 rings (SSSR count). The Morgan fingerprint density at radius 3 is 2.57 bits per heavy atom. The molecule has 5 heteroatoms. The molecule has 0 atom stereocenters. The molecule has 2 aromatic carbocycles. The van der Waals surface area contributed by atoms with Crippen LogP contribution in [0.25, 0.3) is 22.4 Å². The zero-order valence-electron chi connectivity index (χ0n) is 11.6. The van der Waals surface area contributed by atoms with Gasteiger partial charge >= 0.3 is 5.97 Å². The number of rotatable bonds is 2. The van der Waals surface area contributed by atoms with Crippen molar-refractivity contribution in [3.8, 4) is 17.1 Å². The first-order valence-corrected chi connectivity index (χ1v) is 6.50. The Labute approximate surface area is 120 Å². The van der Waals surface area contributed by atoms with Crippen molar-refractivity contribution in [1.29, 1.82) is 0 Å². The van der Waals surface area contributed by atoms with E-state index in [2.05, 4.69) is 9.97 Å². The molecule has 1 aromatic heterocycles. The van der Waals surface area contributed by atoms with Crippen molar-refractivity contribution in [3.63, 3.8) is 0 Å². The maximum Gasteiger partial charge on any atom is 0.336 e.